The molecule has 0 unspecified atom stereocenters. The van der Waals surface area contributed by atoms with Crippen LogP contribution in [-0.2, 0) is 4.79 Å². The van der Waals surface area contributed by atoms with Gasteiger partial charge in [-0.1, -0.05) is 38.2 Å². The normalized spacial score (nSPS) is 19.2. The van der Waals surface area contributed by atoms with Crippen molar-refractivity contribution in [2.75, 3.05) is 0 Å². The summed E-state index contributed by atoms with van der Waals surface area (Å²) in [7, 11) is 0. The maximum absolute atomic E-state index is 11.1. The van der Waals surface area contributed by atoms with Gasteiger partial charge in [0.1, 0.15) is 0 Å². The van der Waals surface area contributed by atoms with Crippen LogP contribution in [0.4, 0.5) is 0 Å². The lowest BCUT2D eigenvalue weighted by Gasteiger charge is -2.12. The maximum atomic E-state index is 11.1. The van der Waals surface area contributed by atoms with Crippen molar-refractivity contribution in [3.05, 3.63) is 36.0 Å². The van der Waals surface area contributed by atoms with Gasteiger partial charge in [0, 0.05) is 11.0 Å². The Morgan fingerprint density at radius 3 is 2.77 bits per heavy atom. The van der Waals surface area contributed by atoms with Crippen LogP contribution in [0.5, 0.6) is 0 Å². The van der Waals surface area contributed by atoms with Crippen LogP contribution in [0, 0.1) is 5.41 Å². The third kappa shape index (κ3) is 2.56. The van der Waals surface area contributed by atoms with Crippen molar-refractivity contribution >= 4 is 5.91 Å². The summed E-state index contributed by atoms with van der Waals surface area (Å²) in [5.41, 5.74) is 2.66. The molecule has 13 heavy (non-hydrogen) atoms. The molecule has 1 aliphatic carbocycles. The van der Waals surface area contributed by atoms with E-state index in [0.29, 0.717) is 5.57 Å². The predicted molar refractivity (Wildman–Crippen MR) is 52.5 cm³/mol. The lowest BCUT2D eigenvalue weighted by Crippen LogP contribution is -2.30. The highest BCUT2D eigenvalue weighted by molar-refractivity contribution is 5.96. The van der Waals surface area contributed by atoms with Gasteiger partial charge < -0.3 is 0 Å². The average Bonchev–Trinajstić information content (AvgIpc) is 2.25. The molecule has 0 aromatic rings. The fraction of sp³-hybridized carbons (Fsp3) is 0.300. The first kappa shape index (κ1) is 9.74. The molecule has 0 atom stereocenters. The van der Waals surface area contributed by atoms with E-state index >= 15 is 0 Å². The summed E-state index contributed by atoms with van der Waals surface area (Å²) in [6.07, 6.45) is 9.39. The maximum Gasteiger partial charge on any atom is 0.265 e. The quantitative estimate of drug-likeness (QED) is 0.358. The van der Waals surface area contributed by atoms with Crippen molar-refractivity contribution in [2.24, 2.45) is 11.3 Å². The van der Waals surface area contributed by atoms with Crippen molar-refractivity contribution in [3.63, 3.8) is 0 Å². The van der Waals surface area contributed by atoms with E-state index in [0.717, 1.165) is 0 Å². The minimum Gasteiger partial charge on any atom is -0.290 e. The Labute approximate surface area is 78.0 Å². The molecule has 0 bridgehead atoms. The van der Waals surface area contributed by atoms with Gasteiger partial charge in [-0.05, 0) is 6.08 Å². The van der Waals surface area contributed by atoms with Crippen molar-refractivity contribution < 1.29 is 4.79 Å². The van der Waals surface area contributed by atoms with Gasteiger partial charge in [-0.2, -0.15) is 0 Å². The van der Waals surface area contributed by atoms with E-state index in [4.69, 9.17) is 5.84 Å². The number of carbonyl (C=O) groups excluding carboxylic acids is 1. The molecule has 0 spiro atoms. The lowest BCUT2D eigenvalue weighted by atomic mass is 9.93. The van der Waals surface area contributed by atoms with Crippen LogP contribution in [0.15, 0.2) is 36.0 Å². The molecule has 0 saturated carbocycles. The Balaban J connectivity index is 2.89. The van der Waals surface area contributed by atoms with Crippen molar-refractivity contribution in [3.8, 4) is 0 Å². The number of amides is 1. The number of carbonyl (C=O) groups is 1. The smallest absolute Gasteiger partial charge is 0.265 e. The minimum absolute atomic E-state index is 0.00682. The third-order valence-corrected chi connectivity index (χ3v) is 1.89. The molecule has 3 nitrogen and oxygen atoms in total. The highest BCUT2D eigenvalue weighted by atomic mass is 16.2. The van der Waals surface area contributed by atoms with Crippen LogP contribution in [0.3, 0.4) is 0 Å². The second kappa shape index (κ2) is 3.58. The van der Waals surface area contributed by atoms with Crippen molar-refractivity contribution in [1.82, 2.24) is 5.43 Å². The Hall–Kier alpha value is -1.35. The van der Waals surface area contributed by atoms with E-state index < -0.39 is 0 Å². The number of rotatable bonds is 1. The Bertz CT molecular complexity index is 298. The predicted octanol–water partition coefficient (Wildman–Crippen LogP) is 1.05. The molecule has 0 aromatic carbocycles. The van der Waals surface area contributed by atoms with Gasteiger partial charge in [0.15, 0.2) is 0 Å². The van der Waals surface area contributed by atoms with Crippen molar-refractivity contribution in [1.29, 1.82) is 0 Å². The topological polar surface area (TPSA) is 55.1 Å². The van der Waals surface area contributed by atoms with Gasteiger partial charge in [-0.3, -0.25) is 10.2 Å². The minimum atomic E-state index is -0.265. The third-order valence-electron chi connectivity index (χ3n) is 1.89. The summed E-state index contributed by atoms with van der Waals surface area (Å²) in [5.74, 6) is 4.76. The van der Waals surface area contributed by atoms with E-state index in [-0.39, 0.29) is 11.3 Å². The molecule has 0 heterocycles. The summed E-state index contributed by atoms with van der Waals surface area (Å²) in [6.45, 7) is 4.13. The number of nitrogens with two attached hydrogens (primary N) is 1. The SMILES string of the molecule is CC1(C)C=CC=C(C(=O)NN)C=C1. The van der Waals surface area contributed by atoms with Crippen LogP contribution in [-0.4, -0.2) is 5.91 Å². The van der Waals surface area contributed by atoms with Gasteiger partial charge in [0.2, 0.25) is 0 Å². The van der Waals surface area contributed by atoms with Crippen LogP contribution >= 0.6 is 0 Å². The Morgan fingerprint density at radius 1 is 1.46 bits per heavy atom. The molecule has 0 radical (unpaired) electrons. The zero-order chi connectivity index (χ0) is 9.90. The number of hydrazine groups is 1. The standard InChI is InChI=1S/C10H14N2O/c1-10(2)6-3-4-8(5-7-10)9(13)12-11/h3-7H,11H2,1-2H3,(H,12,13). The van der Waals surface area contributed by atoms with Crippen molar-refractivity contribution in [2.45, 2.75) is 13.8 Å². The number of allylic oxidation sites excluding steroid dienone is 4. The first-order chi connectivity index (χ1) is 6.05. The zero-order valence-electron chi connectivity index (χ0n) is 7.87. The highest BCUT2D eigenvalue weighted by Gasteiger charge is 2.12. The molecular weight excluding hydrogens is 164 g/mol. The number of hydrogen-bond donors (Lipinski definition) is 2. The van der Waals surface area contributed by atoms with Crippen LogP contribution in [0.1, 0.15) is 13.8 Å². The van der Waals surface area contributed by atoms with E-state index in [2.05, 4.69) is 19.3 Å². The molecule has 1 amide bonds. The van der Waals surface area contributed by atoms with Crippen LogP contribution < -0.4 is 11.3 Å². The molecule has 1 aliphatic rings. The number of nitrogens with one attached hydrogen (secondary N) is 1. The first-order valence-electron chi connectivity index (χ1n) is 4.15. The van der Waals surface area contributed by atoms with Crippen LogP contribution in [0.2, 0.25) is 0 Å². The summed E-state index contributed by atoms with van der Waals surface area (Å²) < 4.78 is 0. The first-order valence-corrected chi connectivity index (χ1v) is 4.15. The molecule has 0 fully saturated rings. The van der Waals surface area contributed by atoms with Gasteiger partial charge in [-0.25, -0.2) is 5.84 Å². The van der Waals surface area contributed by atoms with Gasteiger partial charge in [-0.15, -0.1) is 0 Å². The summed E-state index contributed by atoms with van der Waals surface area (Å²) in [6, 6.07) is 0. The molecule has 0 aromatic heterocycles. The Morgan fingerprint density at radius 2 is 2.15 bits per heavy atom. The summed E-state index contributed by atoms with van der Waals surface area (Å²) in [5, 5.41) is 0. The lowest BCUT2D eigenvalue weighted by molar-refractivity contribution is -0.117. The van der Waals surface area contributed by atoms with E-state index in [1.165, 1.54) is 0 Å². The van der Waals surface area contributed by atoms with Gasteiger partial charge >= 0.3 is 0 Å². The monoisotopic (exact) mass is 178 g/mol. The largest absolute Gasteiger partial charge is 0.290 e. The number of hydrogen-bond acceptors (Lipinski definition) is 2. The fourth-order valence-corrected chi connectivity index (χ4v) is 1.05. The molecule has 0 aliphatic heterocycles. The van der Waals surface area contributed by atoms with Crippen LogP contribution in [0.25, 0.3) is 0 Å². The zero-order valence-corrected chi connectivity index (χ0v) is 7.87. The average molecular weight is 178 g/mol. The molecule has 1 rings (SSSR count). The van der Waals surface area contributed by atoms with E-state index in [1.807, 2.05) is 18.2 Å². The summed E-state index contributed by atoms with van der Waals surface area (Å²) >= 11 is 0. The molecule has 3 N–H and O–H groups in total. The van der Waals surface area contributed by atoms with E-state index in [1.54, 1.807) is 12.2 Å². The molecule has 0 saturated heterocycles. The van der Waals surface area contributed by atoms with Gasteiger partial charge in [0.25, 0.3) is 5.91 Å². The second-order valence-corrected chi connectivity index (χ2v) is 3.61. The highest BCUT2D eigenvalue weighted by Crippen LogP contribution is 2.22. The second-order valence-electron chi connectivity index (χ2n) is 3.61. The molecular formula is C10H14N2O. The van der Waals surface area contributed by atoms with E-state index in [9.17, 15) is 4.79 Å². The fourth-order valence-electron chi connectivity index (χ4n) is 1.05. The Kier molecular flexibility index (Phi) is 2.68. The molecule has 3 heteroatoms. The molecule has 70 valence electrons. The van der Waals surface area contributed by atoms with Gasteiger partial charge in [0.05, 0.1) is 0 Å². The summed E-state index contributed by atoms with van der Waals surface area (Å²) in [4.78, 5) is 11.1.